The van der Waals surface area contributed by atoms with Crippen LogP contribution in [0.1, 0.15) is 13.8 Å². The number of benzene rings is 1. The van der Waals surface area contributed by atoms with Gasteiger partial charge < -0.3 is 10.2 Å². The highest BCUT2D eigenvalue weighted by Gasteiger charge is 2.09. The molecule has 0 radical (unpaired) electrons. The van der Waals surface area contributed by atoms with Crippen molar-refractivity contribution in [3.05, 3.63) is 30.3 Å². The van der Waals surface area contributed by atoms with Gasteiger partial charge in [0.25, 0.3) is 0 Å². The minimum absolute atomic E-state index is 0. The number of likely N-dealkylation sites (N-methyl/N-ethyl adjacent to an activating group) is 1. The van der Waals surface area contributed by atoms with Gasteiger partial charge in [-0.15, -0.1) is 12.4 Å². The molecule has 0 fully saturated rings. The fraction of sp³-hybridized carbons (Fsp3) is 0.462. The van der Waals surface area contributed by atoms with Crippen LogP contribution >= 0.6 is 12.4 Å². The van der Waals surface area contributed by atoms with E-state index in [9.17, 15) is 4.79 Å². The second-order valence-corrected chi connectivity index (χ2v) is 4.39. The molecule has 0 aromatic heterocycles. The van der Waals surface area contributed by atoms with Gasteiger partial charge in [0, 0.05) is 19.3 Å². The van der Waals surface area contributed by atoms with E-state index in [1.165, 1.54) is 0 Å². The molecule has 1 N–H and O–H groups in total. The minimum atomic E-state index is 0. The Balaban J connectivity index is 0.00000256. The zero-order chi connectivity index (χ0) is 12.0. The largest absolute Gasteiger partial charge is 0.376 e. The van der Waals surface area contributed by atoms with Crippen molar-refractivity contribution in [1.82, 2.24) is 4.90 Å². The van der Waals surface area contributed by atoms with E-state index in [4.69, 9.17) is 0 Å². The van der Waals surface area contributed by atoms with Crippen LogP contribution in [0, 0.1) is 5.92 Å². The zero-order valence-electron chi connectivity index (χ0n) is 10.6. The summed E-state index contributed by atoms with van der Waals surface area (Å²) in [6.45, 7) is 5.37. The molecule has 0 saturated heterocycles. The summed E-state index contributed by atoms with van der Waals surface area (Å²) in [6, 6.07) is 9.76. The lowest BCUT2D eigenvalue weighted by Gasteiger charge is -2.19. The van der Waals surface area contributed by atoms with Crippen LogP contribution in [0.5, 0.6) is 0 Å². The number of para-hydroxylation sites is 1. The Bertz CT molecular complexity index is 327. The zero-order valence-corrected chi connectivity index (χ0v) is 11.5. The van der Waals surface area contributed by atoms with E-state index in [0.29, 0.717) is 12.5 Å². The first-order valence-electron chi connectivity index (χ1n) is 5.62. The Morgan fingerprint density at radius 2 is 1.88 bits per heavy atom. The molecule has 0 atom stereocenters. The van der Waals surface area contributed by atoms with Crippen LogP contribution in [0.25, 0.3) is 0 Å². The standard InChI is InChI=1S/C13H20N2O.ClH/c1-11(2)10-15(3)13(16)9-14-12-7-5-4-6-8-12;/h4-8,11,14H,9-10H2,1-3H3;1H. The first-order valence-corrected chi connectivity index (χ1v) is 5.62. The van der Waals surface area contributed by atoms with Gasteiger partial charge in [-0.2, -0.15) is 0 Å². The molecule has 0 aliphatic rings. The van der Waals surface area contributed by atoms with Gasteiger partial charge >= 0.3 is 0 Å². The van der Waals surface area contributed by atoms with E-state index >= 15 is 0 Å². The van der Waals surface area contributed by atoms with E-state index in [1.54, 1.807) is 4.90 Å². The average molecular weight is 257 g/mol. The van der Waals surface area contributed by atoms with Crippen molar-refractivity contribution in [2.24, 2.45) is 5.92 Å². The molecule has 17 heavy (non-hydrogen) atoms. The second kappa shape index (κ2) is 7.96. The third-order valence-corrected chi connectivity index (χ3v) is 2.28. The van der Waals surface area contributed by atoms with Gasteiger partial charge in [-0.25, -0.2) is 0 Å². The molecule has 1 amide bonds. The molecule has 0 spiro atoms. The van der Waals surface area contributed by atoms with Crippen LogP contribution in [0.2, 0.25) is 0 Å². The monoisotopic (exact) mass is 256 g/mol. The molecule has 0 aliphatic heterocycles. The number of rotatable bonds is 5. The van der Waals surface area contributed by atoms with Gasteiger partial charge in [-0.1, -0.05) is 32.0 Å². The highest BCUT2D eigenvalue weighted by molar-refractivity contribution is 5.85. The van der Waals surface area contributed by atoms with Gasteiger partial charge in [-0.05, 0) is 18.1 Å². The molecule has 1 aromatic rings. The van der Waals surface area contributed by atoms with Gasteiger partial charge in [0.2, 0.25) is 5.91 Å². The van der Waals surface area contributed by atoms with Crippen LogP contribution < -0.4 is 5.32 Å². The van der Waals surface area contributed by atoms with E-state index in [1.807, 2.05) is 37.4 Å². The molecule has 0 aliphatic carbocycles. The third kappa shape index (κ3) is 6.17. The molecular weight excluding hydrogens is 236 g/mol. The number of hydrogen-bond acceptors (Lipinski definition) is 2. The van der Waals surface area contributed by atoms with E-state index in [2.05, 4.69) is 19.2 Å². The number of halogens is 1. The summed E-state index contributed by atoms with van der Waals surface area (Å²) >= 11 is 0. The van der Waals surface area contributed by atoms with Crippen molar-refractivity contribution in [3.63, 3.8) is 0 Å². The van der Waals surface area contributed by atoms with Crippen molar-refractivity contribution in [1.29, 1.82) is 0 Å². The van der Waals surface area contributed by atoms with Gasteiger partial charge in [0.05, 0.1) is 6.54 Å². The highest BCUT2D eigenvalue weighted by atomic mass is 35.5. The van der Waals surface area contributed by atoms with Crippen molar-refractivity contribution in [2.75, 3.05) is 25.5 Å². The van der Waals surface area contributed by atoms with E-state index in [0.717, 1.165) is 12.2 Å². The molecule has 0 saturated carbocycles. The predicted octanol–water partition coefficient (Wildman–Crippen LogP) is 2.63. The number of hydrogen-bond donors (Lipinski definition) is 1. The van der Waals surface area contributed by atoms with Gasteiger partial charge in [0.15, 0.2) is 0 Å². The summed E-state index contributed by atoms with van der Waals surface area (Å²) in [6.07, 6.45) is 0. The number of anilines is 1. The molecule has 1 aromatic carbocycles. The van der Waals surface area contributed by atoms with Crippen LogP contribution in [-0.2, 0) is 4.79 Å². The maximum absolute atomic E-state index is 11.7. The molecule has 0 bridgehead atoms. The van der Waals surface area contributed by atoms with Crippen molar-refractivity contribution >= 4 is 24.0 Å². The van der Waals surface area contributed by atoms with Gasteiger partial charge in [-0.3, -0.25) is 4.79 Å². The second-order valence-electron chi connectivity index (χ2n) is 4.39. The minimum Gasteiger partial charge on any atom is -0.376 e. The van der Waals surface area contributed by atoms with Crippen molar-refractivity contribution in [3.8, 4) is 0 Å². The molecule has 0 unspecified atom stereocenters. The lowest BCUT2D eigenvalue weighted by atomic mass is 10.2. The molecule has 1 rings (SSSR count). The molecule has 4 heteroatoms. The number of carbonyl (C=O) groups is 1. The molecule has 0 heterocycles. The Hall–Kier alpha value is -1.22. The number of nitrogens with one attached hydrogen (secondary N) is 1. The van der Waals surface area contributed by atoms with Gasteiger partial charge in [0.1, 0.15) is 0 Å². The lowest BCUT2D eigenvalue weighted by Crippen LogP contribution is -2.34. The first kappa shape index (κ1) is 15.8. The SMILES string of the molecule is CC(C)CN(C)C(=O)CNc1ccccc1.Cl. The Morgan fingerprint density at radius 1 is 1.29 bits per heavy atom. The Kier molecular flexibility index (Phi) is 7.39. The number of nitrogens with zero attached hydrogens (tertiary/aromatic N) is 1. The van der Waals surface area contributed by atoms with E-state index in [-0.39, 0.29) is 18.3 Å². The fourth-order valence-corrected chi connectivity index (χ4v) is 1.52. The summed E-state index contributed by atoms with van der Waals surface area (Å²) in [5.41, 5.74) is 0.980. The fourth-order valence-electron chi connectivity index (χ4n) is 1.52. The van der Waals surface area contributed by atoms with Crippen molar-refractivity contribution in [2.45, 2.75) is 13.8 Å². The number of carbonyl (C=O) groups excluding carboxylic acids is 1. The lowest BCUT2D eigenvalue weighted by molar-refractivity contribution is -0.128. The summed E-state index contributed by atoms with van der Waals surface area (Å²) in [5.74, 6) is 0.628. The van der Waals surface area contributed by atoms with Crippen LogP contribution in [0.15, 0.2) is 30.3 Å². The average Bonchev–Trinajstić information content (AvgIpc) is 2.26. The van der Waals surface area contributed by atoms with Crippen LogP contribution in [-0.4, -0.2) is 30.9 Å². The molecule has 3 nitrogen and oxygen atoms in total. The molecule has 96 valence electrons. The topological polar surface area (TPSA) is 32.3 Å². The Labute approximate surface area is 110 Å². The maximum Gasteiger partial charge on any atom is 0.241 e. The summed E-state index contributed by atoms with van der Waals surface area (Å²) in [7, 11) is 1.84. The molecular formula is C13H21ClN2O. The third-order valence-electron chi connectivity index (χ3n) is 2.28. The summed E-state index contributed by atoms with van der Waals surface area (Å²) in [4.78, 5) is 13.5. The maximum atomic E-state index is 11.7. The summed E-state index contributed by atoms with van der Waals surface area (Å²) < 4.78 is 0. The normalized spacial score (nSPS) is 9.65. The van der Waals surface area contributed by atoms with Crippen LogP contribution in [0.3, 0.4) is 0 Å². The predicted molar refractivity (Wildman–Crippen MR) is 74.7 cm³/mol. The number of amides is 1. The van der Waals surface area contributed by atoms with Crippen molar-refractivity contribution < 1.29 is 4.79 Å². The van der Waals surface area contributed by atoms with Crippen LogP contribution in [0.4, 0.5) is 5.69 Å². The summed E-state index contributed by atoms with van der Waals surface area (Å²) in [5, 5.41) is 3.11. The highest BCUT2D eigenvalue weighted by Crippen LogP contribution is 2.04. The Morgan fingerprint density at radius 3 is 2.41 bits per heavy atom. The smallest absolute Gasteiger partial charge is 0.241 e. The van der Waals surface area contributed by atoms with E-state index < -0.39 is 0 Å². The quantitative estimate of drug-likeness (QED) is 0.879. The first-order chi connectivity index (χ1) is 7.59.